The summed E-state index contributed by atoms with van der Waals surface area (Å²) < 4.78 is 5.31. The molecule has 1 aromatic rings. The van der Waals surface area contributed by atoms with Crippen LogP contribution in [-0.2, 0) is 0 Å². The third-order valence-electron chi connectivity index (χ3n) is 3.55. The number of piperidine rings is 1. The summed E-state index contributed by atoms with van der Waals surface area (Å²) in [6.07, 6.45) is 2.34. The number of rotatable bonds is 3. The summed E-state index contributed by atoms with van der Waals surface area (Å²) in [4.78, 5) is 13.2. The molecule has 0 aliphatic carbocycles. The van der Waals surface area contributed by atoms with E-state index in [9.17, 15) is 4.79 Å². The Morgan fingerprint density at radius 1 is 1.30 bits per heavy atom. The molecule has 0 radical (unpaired) electrons. The fraction of sp³-hybridized carbons (Fsp3) is 0.562. The number of carboxylic acid groups (broad SMARTS) is 1. The molecular formula is C16H25NO3. The second kappa shape index (κ2) is 7.78. The predicted octanol–water partition coefficient (Wildman–Crippen LogP) is 3.66. The van der Waals surface area contributed by atoms with Crippen LogP contribution >= 0.6 is 0 Å². The van der Waals surface area contributed by atoms with Gasteiger partial charge in [-0.3, -0.25) is 0 Å². The zero-order chi connectivity index (χ0) is 15.1. The van der Waals surface area contributed by atoms with E-state index in [-0.39, 0.29) is 5.56 Å². The van der Waals surface area contributed by atoms with Crippen molar-refractivity contribution in [2.45, 2.75) is 33.6 Å². The molecule has 1 aliphatic rings. The number of nitrogens with zero attached hydrogens (tertiary/aromatic N) is 1. The summed E-state index contributed by atoms with van der Waals surface area (Å²) in [6.45, 7) is 8.27. The molecule has 4 heteroatoms. The zero-order valence-corrected chi connectivity index (χ0v) is 12.8. The van der Waals surface area contributed by atoms with Gasteiger partial charge in [0, 0.05) is 13.1 Å². The smallest absolute Gasteiger partial charge is 0.335 e. The van der Waals surface area contributed by atoms with Gasteiger partial charge in [-0.2, -0.15) is 0 Å². The minimum atomic E-state index is -0.924. The maximum atomic E-state index is 10.9. The van der Waals surface area contributed by atoms with Gasteiger partial charge in [-0.25, -0.2) is 4.79 Å². The van der Waals surface area contributed by atoms with Crippen LogP contribution in [0.15, 0.2) is 18.2 Å². The Labute approximate surface area is 121 Å². The SMILES string of the molecule is CC.COc1cc(C(=O)O)ccc1N1CCC(C)CC1. The molecule has 1 heterocycles. The molecule has 0 unspecified atom stereocenters. The van der Waals surface area contributed by atoms with Crippen LogP contribution in [0.25, 0.3) is 0 Å². The number of carboxylic acids is 1. The summed E-state index contributed by atoms with van der Waals surface area (Å²) in [6, 6.07) is 5.08. The lowest BCUT2D eigenvalue weighted by molar-refractivity contribution is 0.0696. The van der Waals surface area contributed by atoms with Gasteiger partial charge in [0.2, 0.25) is 0 Å². The average molecular weight is 279 g/mol. The minimum Gasteiger partial charge on any atom is -0.495 e. The molecular weight excluding hydrogens is 254 g/mol. The lowest BCUT2D eigenvalue weighted by atomic mass is 9.98. The van der Waals surface area contributed by atoms with Gasteiger partial charge in [-0.15, -0.1) is 0 Å². The molecule has 2 rings (SSSR count). The molecule has 112 valence electrons. The van der Waals surface area contributed by atoms with Crippen LogP contribution in [0, 0.1) is 5.92 Å². The number of hydrogen-bond acceptors (Lipinski definition) is 3. The van der Waals surface area contributed by atoms with E-state index in [2.05, 4.69) is 11.8 Å². The van der Waals surface area contributed by atoms with Crippen LogP contribution in [0.1, 0.15) is 44.0 Å². The Kier molecular flexibility index (Phi) is 6.36. The Morgan fingerprint density at radius 2 is 1.90 bits per heavy atom. The quantitative estimate of drug-likeness (QED) is 0.917. The summed E-state index contributed by atoms with van der Waals surface area (Å²) in [5.74, 6) is 0.488. The summed E-state index contributed by atoms with van der Waals surface area (Å²) in [7, 11) is 1.58. The van der Waals surface area contributed by atoms with Crippen molar-refractivity contribution in [2.24, 2.45) is 5.92 Å². The molecule has 1 N–H and O–H groups in total. The molecule has 1 aromatic carbocycles. The third-order valence-corrected chi connectivity index (χ3v) is 3.55. The highest BCUT2D eigenvalue weighted by molar-refractivity contribution is 5.89. The summed E-state index contributed by atoms with van der Waals surface area (Å²) in [5, 5.41) is 8.97. The molecule has 0 amide bonds. The number of anilines is 1. The Balaban J connectivity index is 0.000000956. The molecule has 0 saturated carbocycles. The molecule has 1 saturated heterocycles. The van der Waals surface area contributed by atoms with E-state index in [0.717, 1.165) is 24.7 Å². The first-order chi connectivity index (χ1) is 9.61. The van der Waals surface area contributed by atoms with Gasteiger partial charge < -0.3 is 14.7 Å². The fourth-order valence-corrected chi connectivity index (χ4v) is 2.32. The van der Waals surface area contributed by atoms with Crippen LogP contribution in [-0.4, -0.2) is 31.3 Å². The van der Waals surface area contributed by atoms with E-state index in [1.807, 2.05) is 19.9 Å². The van der Waals surface area contributed by atoms with E-state index in [0.29, 0.717) is 5.75 Å². The average Bonchev–Trinajstić information content (AvgIpc) is 2.49. The van der Waals surface area contributed by atoms with Gasteiger partial charge >= 0.3 is 5.97 Å². The van der Waals surface area contributed by atoms with Gasteiger partial charge in [0.25, 0.3) is 0 Å². The number of benzene rings is 1. The first kappa shape index (κ1) is 16.3. The van der Waals surface area contributed by atoms with Crippen molar-refractivity contribution in [1.29, 1.82) is 0 Å². The second-order valence-corrected chi connectivity index (χ2v) is 4.86. The van der Waals surface area contributed by atoms with Gasteiger partial charge in [-0.1, -0.05) is 20.8 Å². The molecule has 1 fully saturated rings. The molecule has 1 aliphatic heterocycles. The number of hydrogen-bond donors (Lipinski definition) is 1. The van der Waals surface area contributed by atoms with Gasteiger partial charge in [0.1, 0.15) is 5.75 Å². The topological polar surface area (TPSA) is 49.8 Å². The molecule has 20 heavy (non-hydrogen) atoms. The highest BCUT2D eigenvalue weighted by Gasteiger charge is 2.19. The van der Waals surface area contributed by atoms with Crippen LogP contribution in [0.4, 0.5) is 5.69 Å². The lowest BCUT2D eigenvalue weighted by Crippen LogP contribution is -2.33. The number of methoxy groups -OCH3 is 1. The molecule has 0 aromatic heterocycles. The molecule has 0 spiro atoms. The number of ether oxygens (including phenoxy) is 1. The highest BCUT2D eigenvalue weighted by atomic mass is 16.5. The van der Waals surface area contributed by atoms with E-state index < -0.39 is 5.97 Å². The molecule has 4 nitrogen and oxygen atoms in total. The fourth-order valence-electron chi connectivity index (χ4n) is 2.32. The van der Waals surface area contributed by atoms with Crippen LogP contribution in [0.3, 0.4) is 0 Å². The van der Waals surface area contributed by atoms with Crippen molar-refractivity contribution in [2.75, 3.05) is 25.1 Å². The third kappa shape index (κ3) is 3.89. The molecule has 0 atom stereocenters. The van der Waals surface area contributed by atoms with Crippen molar-refractivity contribution in [1.82, 2.24) is 0 Å². The van der Waals surface area contributed by atoms with E-state index >= 15 is 0 Å². The van der Waals surface area contributed by atoms with Crippen molar-refractivity contribution < 1.29 is 14.6 Å². The monoisotopic (exact) mass is 279 g/mol. The Bertz CT molecular complexity index is 437. The standard InChI is InChI=1S/C14H19NO3.C2H6/c1-10-5-7-15(8-6-10)12-4-3-11(14(16)17)9-13(12)18-2;1-2/h3-4,9-10H,5-8H2,1-2H3,(H,16,17);1-2H3. The van der Waals surface area contributed by atoms with E-state index in [1.54, 1.807) is 19.2 Å². The van der Waals surface area contributed by atoms with Gasteiger partial charge in [0.15, 0.2) is 0 Å². The van der Waals surface area contributed by atoms with Crippen molar-refractivity contribution in [3.8, 4) is 5.75 Å². The maximum absolute atomic E-state index is 10.9. The van der Waals surface area contributed by atoms with Crippen LogP contribution in [0.2, 0.25) is 0 Å². The molecule has 0 bridgehead atoms. The van der Waals surface area contributed by atoms with Crippen molar-refractivity contribution in [3.63, 3.8) is 0 Å². The highest BCUT2D eigenvalue weighted by Crippen LogP contribution is 2.32. The second-order valence-electron chi connectivity index (χ2n) is 4.86. The minimum absolute atomic E-state index is 0.265. The summed E-state index contributed by atoms with van der Waals surface area (Å²) >= 11 is 0. The van der Waals surface area contributed by atoms with Gasteiger partial charge in [0.05, 0.1) is 18.4 Å². The first-order valence-electron chi connectivity index (χ1n) is 7.28. The van der Waals surface area contributed by atoms with Crippen LogP contribution in [0.5, 0.6) is 5.75 Å². The summed E-state index contributed by atoms with van der Waals surface area (Å²) in [5.41, 5.74) is 1.26. The van der Waals surface area contributed by atoms with E-state index in [1.165, 1.54) is 12.8 Å². The van der Waals surface area contributed by atoms with Crippen molar-refractivity contribution in [3.05, 3.63) is 23.8 Å². The predicted molar refractivity (Wildman–Crippen MR) is 81.9 cm³/mol. The number of carbonyl (C=O) groups is 1. The van der Waals surface area contributed by atoms with E-state index in [4.69, 9.17) is 9.84 Å². The van der Waals surface area contributed by atoms with Gasteiger partial charge in [-0.05, 0) is 37.0 Å². The normalized spacial score (nSPS) is 15.3. The van der Waals surface area contributed by atoms with Crippen molar-refractivity contribution >= 4 is 11.7 Å². The largest absolute Gasteiger partial charge is 0.495 e. The zero-order valence-electron chi connectivity index (χ0n) is 12.8. The number of aromatic carboxylic acids is 1. The lowest BCUT2D eigenvalue weighted by Gasteiger charge is -2.33. The first-order valence-corrected chi connectivity index (χ1v) is 7.28. The maximum Gasteiger partial charge on any atom is 0.335 e. The van der Waals surface area contributed by atoms with Crippen LogP contribution < -0.4 is 9.64 Å². The Morgan fingerprint density at radius 3 is 2.40 bits per heavy atom. The Hall–Kier alpha value is -1.71.